The maximum Gasteiger partial charge on any atom is 0.328 e. The normalized spacial score (nSPS) is 10.9. The molecule has 0 fully saturated rings. The van der Waals surface area contributed by atoms with Crippen molar-refractivity contribution in [1.82, 2.24) is 14.5 Å². The van der Waals surface area contributed by atoms with E-state index in [4.69, 9.17) is 0 Å². The maximum atomic E-state index is 12.0. The molecular formula is C13H21N3O3. The van der Waals surface area contributed by atoms with Crippen LogP contribution in [-0.4, -0.2) is 39.9 Å². The number of nitrogens with zero attached hydrogens (tertiary/aromatic N) is 2. The monoisotopic (exact) mass is 267 g/mol. The van der Waals surface area contributed by atoms with E-state index in [0.717, 1.165) is 24.1 Å². The van der Waals surface area contributed by atoms with Gasteiger partial charge < -0.3 is 9.88 Å². The van der Waals surface area contributed by atoms with Crippen LogP contribution in [0.25, 0.3) is 0 Å². The highest BCUT2D eigenvalue weighted by Gasteiger charge is 2.11. The van der Waals surface area contributed by atoms with E-state index in [-0.39, 0.29) is 11.3 Å². The van der Waals surface area contributed by atoms with Crippen LogP contribution in [0.4, 0.5) is 0 Å². The molecule has 0 amide bonds. The second kappa shape index (κ2) is 7.04. The van der Waals surface area contributed by atoms with Gasteiger partial charge in [0.1, 0.15) is 0 Å². The third kappa shape index (κ3) is 3.89. The first-order valence-electron chi connectivity index (χ1n) is 6.57. The van der Waals surface area contributed by atoms with E-state index in [1.807, 2.05) is 6.92 Å². The molecule has 1 heterocycles. The van der Waals surface area contributed by atoms with E-state index in [2.05, 4.69) is 16.8 Å². The second-order valence-corrected chi connectivity index (χ2v) is 4.45. The number of hydrogen-bond acceptors (Lipinski definition) is 4. The van der Waals surface area contributed by atoms with Gasteiger partial charge in [0.15, 0.2) is 5.78 Å². The number of likely N-dealkylation sites (N-methyl/N-ethyl adjacent to an activating group) is 1. The lowest BCUT2D eigenvalue weighted by Crippen LogP contribution is -2.41. The SMILES string of the molecule is CCCN(CC)CCn1c(=O)[nH]cc(C(C)=O)c1=O. The van der Waals surface area contributed by atoms with Gasteiger partial charge in [0.25, 0.3) is 5.56 Å². The third-order valence-corrected chi connectivity index (χ3v) is 3.07. The summed E-state index contributed by atoms with van der Waals surface area (Å²) in [6, 6.07) is 0. The summed E-state index contributed by atoms with van der Waals surface area (Å²) < 4.78 is 1.09. The molecule has 1 aromatic rings. The highest BCUT2D eigenvalue weighted by Crippen LogP contribution is 1.92. The molecule has 0 unspecified atom stereocenters. The van der Waals surface area contributed by atoms with Gasteiger partial charge in [-0.25, -0.2) is 4.79 Å². The predicted octanol–water partition coefficient (Wildman–Crippen LogP) is 0.471. The molecule has 0 aliphatic rings. The Morgan fingerprint density at radius 1 is 1.32 bits per heavy atom. The fourth-order valence-electron chi connectivity index (χ4n) is 1.95. The van der Waals surface area contributed by atoms with Crippen LogP contribution in [0.15, 0.2) is 15.8 Å². The number of hydrogen-bond donors (Lipinski definition) is 1. The van der Waals surface area contributed by atoms with Gasteiger partial charge in [-0.1, -0.05) is 13.8 Å². The number of aromatic amines is 1. The first-order valence-corrected chi connectivity index (χ1v) is 6.57. The topological polar surface area (TPSA) is 75.2 Å². The van der Waals surface area contributed by atoms with E-state index < -0.39 is 11.2 Å². The Bertz CT molecular complexity index is 545. The van der Waals surface area contributed by atoms with Gasteiger partial charge in [-0.15, -0.1) is 0 Å². The molecule has 1 aromatic heterocycles. The first kappa shape index (κ1) is 15.4. The standard InChI is InChI=1S/C13H21N3O3/c1-4-6-15(5-2)7-8-16-12(18)11(10(3)17)9-14-13(16)19/h9H,4-8H2,1-3H3,(H,14,19). The molecule has 0 bridgehead atoms. The molecule has 0 saturated heterocycles. The number of H-pyrrole nitrogens is 1. The lowest BCUT2D eigenvalue weighted by Gasteiger charge is -2.19. The zero-order chi connectivity index (χ0) is 14.4. The molecule has 0 radical (unpaired) electrons. The Morgan fingerprint density at radius 2 is 2.00 bits per heavy atom. The van der Waals surface area contributed by atoms with Crippen molar-refractivity contribution in [2.75, 3.05) is 19.6 Å². The molecule has 1 N–H and O–H groups in total. The molecule has 0 aromatic carbocycles. The van der Waals surface area contributed by atoms with Crippen LogP contribution in [0.3, 0.4) is 0 Å². The van der Waals surface area contributed by atoms with Crippen LogP contribution in [0, 0.1) is 0 Å². The van der Waals surface area contributed by atoms with Crippen molar-refractivity contribution < 1.29 is 4.79 Å². The van der Waals surface area contributed by atoms with E-state index in [1.165, 1.54) is 13.1 Å². The minimum Gasteiger partial charge on any atom is -0.313 e. The van der Waals surface area contributed by atoms with Crippen LogP contribution in [-0.2, 0) is 6.54 Å². The summed E-state index contributed by atoms with van der Waals surface area (Å²) in [5, 5.41) is 0. The molecule has 19 heavy (non-hydrogen) atoms. The molecule has 0 aliphatic carbocycles. The summed E-state index contributed by atoms with van der Waals surface area (Å²) in [4.78, 5) is 39.5. The Morgan fingerprint density at radius 3 is 2.53 bits per heavy atom. The molecule has 6 heteroatoms. The number of Topliss-reactive ketones (excluding diaryl/α,β-unsaturated/α-hetero) is 1. The number of nitrogens with one attached hydrogen (secondary N) is 1. The van der Waals surface area contributed by atoms with Gasteiger partial charge in [-0.3, -0.25) is 14.2 Å². The third-order valence-electron chi connectivity index (χ3n) is 3.07. The highest BCUT2D eigenvalue weighted by molar-refractivity contribution is 5.93. The molecule has 0 atom stereocenters. The van der Waals surface area contributed by atoms with E-state index >= 15 is 0 Å². The lowest BCUT2D eigenvalue weighted by molar-refractivity contribution is 0.101. The Hall–Kier alpha value is -1.69. The minimum absolute atomic E-state index is 0.0261. The predicted molar refractivity (Wildman–Crippen MR) is 73.7 cm³/mol. The van der Waals surface area contributed by atoms with Crippen LogP contribution < -0.4 is 11.2 Å². The zero-order valence-corrected chi connectivity index (χ0v) is 11.7. The van der Waals surface area contributed by atoms with Crippen molar-refractivity contribution in [3.05, 3.63) is 32.6 Å². The van der Waals surface area contributed by atoms with Crippen molar-refractivity contribution in [2.24, 2.45) is 0 Å². The lowest BCUT2D eigenvalue weighted by atomic mass is 10.2. The Kier molecular flexibility index (Phi) is 5.69. The number of carbonyl (C=O) groups excluding carboxylic acids is 1. The molecule has 106 valence electrons. The minimum atomic E-state index is -0.510. The van der Waals surface area contributed by atoms with Crippen LogP contribution >= 0.6 is 0 Å². The van der Waals surface area contributed by atoms with E-state index in [9.17, 15) is 14.4 Å². The van der Waals surface area contributed by atoms with Gasteiger partial charge >= 0.3 is 5.69 Å². The maximum absolute atomic E-state index is 12.0. The van der Waals surface area contributed by atoms with Crippen molar-refractivity contribution in [1.29, 1.82) is 0 Å². The summed E-state index contributed by atoms with van der Waals surface area (Å²) in [7, 11) is 0. The number of ketones is 1. The van der Waals surface area contributed by atoms with Gasteiger partial charge in [0.05, 0.1) is 5.56 Å². The van der Waals surface area contributed by atoms with E-state index in [1.54, 1.807) is 0 Å². The molecular weight excluding hydrogens is 246 g/mol. The van der Waals surface area contributed by atoms with Crippen molar-refractivity contribution in [3.8, 4) is 0 Å². The van der Waals surface area contributed by atoms with Gasteiger partial charge in [0, 0.05) is 19.3 Å². The smallest absolute Gasteiger partial charge is 0.313 e. The van der Waals surface area contributed by atoms with Crippen molar-refractivity contribution in [2.45, 2.75) is 33.7 Å². The summed E-state index contributed by atoms with van der Waals surface area (Å²) in [5.74, 6) is -0.337. The Balaban J connectivity index is 2.95. The van der Waals surface area contributed by atoms with Gasteiger partial charge in [-0.2, -0.15) is 0 Å². The van der Waals surface area contributed by atoms with Crippen molar-refractivity contribution in [3.63, 3.8) is 0 Å². The molecule has 0 spiro atoms. The Labute approximate surface area is 112 Å². The summed E-state index contributed by atoms with van der Waals surface area (Å²) >= 11 is 0. The second-order valence-electron chi connectivity index (χ2n) is 4.45. The zero-order valence-electron chi connectivity index (χ0n) is 11.7. The van der Waals surface area contributed by atoms with Gasteiger partial charge in [-0.05, 0) is 26.4 Å². The fourth-order valence-corrected chi connectivity index (χ4v) is 1.95. The van der Waals surface area contributed by atoms with Gasteiger partial charge in [0.2, 0.25) is 0 Å². The van der Waals surface area contributed by atoms with Crippen LogP contribution in [0.2, 0.25) is 0 Å². The number of carbonyl (C=O) groups is 1. The van der Waals surface area contributed by atoms with Crippen LogP contribution in [0.5, 0.6) is 0 Å². The summed E-state index contributed by atoms with van der Waals surface area (Å²) in [5.41, 5.74) is -0.954. The van der Waals surface area contributed by atoms with E-state index in [0.29, 0.717) is 13.1 Å². The summed E-state index contributed by atoms with van der Waals surface area (Å²) in [6.45, 7) is 8.14. The molecule has 1 rings (SSSR count). The highest BCUT2D eigenvalue weighted by atomic mass is 16.2. The first-order chi connectivity index (χ1) is 9.01. The number of aromatic nitrogens is 2. The van der Waals surface area contributed by atoms with Crippen molar-refractivity contribution >= 4 is 5.78 Å². The molecule has 0 saturated carbocycles. The fraction of sp³-hybridized carbons (Fsp3) is 0.615. The quantitative estimate of drug-likeness (QED) is 0.729. The van der Waals surface area contributed by atoms with Crippen LogP contribution in [0.1, 0.15) is 37.6 Å². The molecule has 6 nitrogen and oxygen atoms in total. The number of rotatable bonds is 7. The summed E-state index contributed by atoms with van der Waals surface area (Å²) in [6.07, 6.45) is 2.21. The largest absolute Gasteiger partial charge is 0.328 e. The average Bonchev–Trinajstić information content (AvgIpc) is 2.36. The average molecular weight is 267 g/mol. The molecule has 0 aliphatic heterocycles.